The minimum Gasteiger partial charge on any atom is -0.459 e. The van der Waals surface area contributed by atoms with Gasteiger partial charge in [-0.15, -0.1) is 0 Å². The first-order valence-corrected chi connectivity index (χ1v) is 13.4. The molecule has 0 radical (unpaired) electrons. The lowest BCUT2D eigenvalue weighted by Crippen LogP contribution is -2.50. The zero-order chi connectivity index (χ0) is 23.2. The maximum absolute atomic E-state index is 13.1. The Morgan fingerprint density at radius 2 is 1.82 bits per heavy atom. The molecule has 1 aromatic heterocycles. The van der Waals surface area contributed by atoms with Crippen LogP contribution in [0.15, 0.2) is 46.0 Å². The summed E-state index contributed by atoms with van der Waals surface area (Å²) < 4.78 is 28.7. The van der Waals surface area contributed by atoms with E-state index in [2.05, 4.69) is 10.3 Å². The third kappa shape index (κ3) is 4.51. The highest BCUT2D eigenvalue weighted by Gasteiger charge is 2.42. The van der Waals surface area contributed by atoms with E-state index < -0.39 is 9.84 Å². The molecule has 1 aromatic carbocycles. The first-order valence-electron chi connectivity index (χ1n) is 10.7. The number of hydrogen-bond acceptors (Lipinski definition) is 8. The van der Waals surface area contributed by atoms with Crippen molar-refractivity contribution in [2.24, 2.45) is 4.99 Å². The van der Waals surface area contributed by atoms with Crippen molar-refractivity contribution in [3.05, 3.63) is 53.5 Å². The Hall–Kier alpha value is -2.79. The molecule has 0 aliphatic carbocycles. The van der Waals surface area contributed by atoms with E-state index in [1.165, 1.54) is 18.0 Å². The zero-order valence-corrected chi connectivity index (χ0v) is 19.7. The molecule has 0 bridgehead atoms. The number of sulfone groups is 1. The number of benzene rings is 1. The van der Waals surface area contributed by atoms with Crippen LogP contribution in [0.1, 0.15) is 26.5 Å². The number of aryl methyl sites for hydroxylation is 1. The van der Waals surface area contributed by atoms with Gasteiger partial charge in [-0.2, -0.15) is 0 Å². The van der Waals surface area contributed by atoms with Gasteiger partial charge in [0.15, 0.2) is 20.8 Å². The second kappa shape index (κ2) is 8.53. The number of hydrogen-bond donors (Lipinski definition) is 1. The van der Waals surface area contributed by atoms with E-state index in [1.54, 1.807) is 28.0 Å². The number of rotatable bonds is 3. The maximum atomic E-state index is 13.1. The molecule has 5 rings (SSSR count). The van der Waals surface area contributed by atoms with Crippen LogP contribution in [0, 0.1) is 6.92 Å². The van der Waals surface area contributed by atoms with Crippen molar-refractivity contribution in [2.45, 2.75) is 18.2 Å². The smallest absolute Gasteiger partial charge is 0.289 e. The minimum atomic E-state index is -3.00. The predicted octanol–water partition coefficient (Wildman–Crippen LogP) is 1.87. The summed E-state index contributed by atoms with van der Waals surface area (Å²) in [4.78, 5) is 33.5. The van der Waals surface area contributed by atoms with Gasteiger partial charge in [0.2, 0.25) is 0 Å². The number of thioether (sulfide) groups is 1. The van der Waals surface area contributed by atoms with Crippen molar-refractivity contribution in [1.29, 1.82) is 0 Å². The molecule has 3 aliphatic rings. The predicted molar refractivity (Wildman–Crippen MR) is 127 cm³/mol. The summed E-state index contributed by atoms with van der Waals surface area (Å²) >= 11 is 1.45. The fourth-order valence-corrected chi connectivity index (χ4v) is 7.94. The SMILES string of the molecule is Cc1ccc(C(=O)N2CCN(C(=O)c3ccco3)CC2)cc1NC1=N[C@H]2CS(=O)(=O)C[C@@H]2S1. The number of carbonyl (C=O) groups is 2. The molecular formula is C22H24N4O5S2. The molecule has 1 N–H and O–H groups in total. The number of piperazine rings is 1. The highest BCUT2D eigenvalue weighted by molar-refractivity contribution is 8.15. The van der Waals surface area contributed by atoms with Crippen LogP contribution < -0.4 is 5.32 Å². The molecule has 2 aromatic rings. The largest absolute Gasteiger partial charge is 0.459 e. The lowest BCUT2D eigenvalue weighted by atomic mass is 10.1. The van der Waals surface area contributed by atoms with Crippen LogP contribution in [-0.4, -0.2) is 84.2 Å². The first-order chi connectivity index (χ1) is 15.8. The van der Waals surface area contributed by atoms with Crippen LogP contribution in [0.5, 0.6) is 0 Å². The van der Waals surface area contributed by atoms with E-state index in [4.69, 9.17) is 4.42 Å². The van der Waals surface area contributed by atoms with Gasteiger partial charge in [-0.3, -0.25) is 14.6 Å². The Bertz CT molecular complexity index is 1220. The lowest BCUT2D eigenvalue weighted by Gasteiger charge is -2.34. The third-order valence-corrected chi connectivity index (χ3v) is 9.27. The van der Waals surface area contributed by atoms with Gasteiger partial charge in [-0.1, -0.05) is 17.8 Å². The van der Waals surface area contributed by atoms with Crippen molar-refractivity contribution >= 4 is 44.3 Å². The number of anilines is 1. The number of amidine groups is 1. The Balaban J connectivity index is 1.23. The number of aliphatic imine (C=N–C) groups is 1. The average Bonchev–Trinajstić information content (AvgIpc) is 3.50. The molecular weight excluding hydrogens is 464 g/mol. The number of furan rings is 1. The van der Waals surface area contributed by atoms with E-state index >= 15 is 0 Å². The molecule has 9 nitrogen and oxygen atoms in total. The normalized spacial score (nSPS) is 23.8. The summed E-state index contributed by atoms with van der Waals surface area (Å²) in [5.41, 5.74) is 2.30. The fraction of sp³-hybridized carbons (Fsp3) is 0.409. The van der Waals surface area contributed by atoms with Gasteiger partial charge < -0.3 is 19.5 Å². The number of nitrogens with one attached hydrogen (secondary N) is 1. The molecule has 0 saturated carbocycles. The second-order valence-electron chi connectivity index (χ2n) is 8.45. The first kappa shape index (κ1) is 22.0. The molecule has 33 heavy (non-hydrogen) atoms. The summed E-state index contributed by atoms with van der Waals surface area (Å²) in [5.74, 6) is 0.303. The minimum absolute atomic E-state index is 0.0391. The fourth-order valence-electron chi connectivity index (χ4n) is 4.27. The second-order valence-corrected chi connectivity index (χ2v) is 11.8. The summed E-state index contributed by atoms with van der Waals surface area (Å²) in [5, 5.41) is 3.94. The Morgan fingerprint density at radius 1 is 1.09 bits per heavy atom. The van der Waals surface area contributed by atoms with Crippen LogP contribution in [0.3, 0.4) is 0 Å². The van der Waals surface area contributed by atoms with Crippen LogP contribution in [0.2, 0.25) is 0 Å². The van der Waals surface area contributed by atoms with Crippen molar-refractivity contribution in [2.75, 3.05) is 43.0 Å². The molecule has 174 valence electrons. The standard InChI is InChI=1S/C22H24N4O5S2/c1-14-4-5-15(11-16(14)23-22-24-17-12-33(29,30)13-19(17)32-22)20(27)25-6-8-26(9-7-25)21(28)18-3-2-10-31-18/h2-5,10-11,17,19H,6-9,12-13H2,1H3,(H,23,24)/t17-,19-/m0/s1. The molecule has 2 atom stereocenters. The molecule has 4 heterocycles. The summed E-state index contributed by atoms with van der Waals surface area (Å²) in [6.07, 6.45) is 1.47. The van der Waals surface area contributed by atoms with Gasteiger partial charge in [-0.05, 0) is 36.8 Å². The monoisotopic (exact) mass is 488 g/mol. The molecule has 2 amide bonds. The lowest BCUT2D eigenvalue weighted by molar-refractivity contribution is 0.0518. The highest BCUT2D eigenvalue weighted by Crippen LogP contribution is 2.35. The van der Waals surface area contributed by atoms with E-state index in [0.29, 0.717) is 42.7 Å². The van der Waals surface area contributed by atoms with Gasteiger partial charge in [0.05, 0.1) is 23.8 Å². The Labute approximate surface area is 196 Å². The summed E-state index contributed by atoms with van der Waals surface area (Å²) in [6, 6.07) is 8.62. The van der Waals surface area contributed by atoms with E-state index in [1.807, 2.05) is 19.1 Å². The molecule has 2 fully saturated rings. The van der Waals surface area contributed by atoms with Crippen molar-refractivity contribution in [3.63, 3.8) is 0 Å². The molecule has 3 aliphatic heterocycles. The Morgan fingerprint density at radius 3 is 2.48 bits per heavy atom. The van der Waals surface area contributed by atoms with Crippen LogP contribution in [0.4, 0.5) is 5.69 Å². The molecule has 2 saturated heterocycles. The van der Waals surface area contributed by atoms with Gasteiger partial charge >= 0.3 is 0 Å². The third-order valence-electron chi connectivity index (χ3n) is 6.13. The average molecular weight is 489 g/mol. The van der Waals surface area contributed by atoms with Crippen LogP contribution >= 0.6 is 11.8 Å². The summed E-state index contributed by atoms with van der Waals surface area (Å²) in [6.45, 7) is 3.73. The van der Waals surface area contributed by atoms with Crippen molar-refractivity contribution < 1.29 is 22.4 Å². The van der Waals surface area contributed by atoms with Crippen molar-refractivity contribution in [1.82, 2.24) is 9.80 Å². The zero-order valence-electron chi connectivity index (χ0n) is 18.1. The number of carbonyl (C=O) groups excluding carboxylic acids is 2. The maximum Gasteiger partial charge on any atom is 0.289 e. The van der Waals surface area contributed by atoms with Crippen molar-refractivity contribution in [3.8, 4) is 0 Å². The van der Waals surface area contributed by atoms with Gasteiger partial charge in [0.1, 0.15) is 0 Å². The summed E-state index contributed by atoms with van der Waals surface area (Å²) in [7, 11) is -3.00. The number of nitrogens with zero attached hydrogens (tertiary/aromatic N) is 3. The topological polar surface area (TPSA) is 112 Å². The number of fused-ring (bicyclic) bond motifs is 1. The quantitative estimate of drug-likeness (QED) is 0.702. The highest BCUT2D eigenvalue weighted by atomic mass is 32.2. The van der Waals surface area contributed by atoms with Gasteiger partial charge in [0.25, 0.3) is 11.8 Å². The van der Waals surface area contributed by atoms with E-state index in [9.17, 15) is 18.0 Å². The van der Waals surface area contributed by atoms with Crippen LogP contribution in [0.25, 0.3) is 0 Å². The van der Waals surface area contributed by atoms with Gasteiger partial charge in [0, 0.05) is 42.7 Å². The molecule has 11 heteroatoms. The van der Waals surface area contributed by atoms with Crippen LogP contribution in [-0.2, 0) is 9.84 Å². The van der Waals surface area contributed by atoms with E-state index in [0.717, 1.165) is 11.3 Å². The Kier molecular flexibility index (Phi) is 5.69. The van der Waals surface area contributed by atoms with E-state index in [-0.39, 0.29) is 34.6 Å². The van der Waals surface area contributed by atoms with Gasteiger partial charge in [-0.25, -0.2) is 8.42 Å². The molecule has 0 unspecified atom stereocenters. The number of amides is 2. The molecule has 0 spiro atoms.